The molecule has 0 atom stereocenters. The fourth-order valence-corrected chi connectivity index (χ4v) is 3.04. The summed E-state index contributed by atoms with van der Waals surface area (Å²) in [5, 5.41) is 7.42. The van der Waals surface area contributed by atoms with Crippen LogP contribution in [-0.2, 0) is 6.54 Å². The second kappa shape index (κ2) is 7.21. The van der Waals surface area contributed by atoms with Gasteiger partial charge in [0, 0.05) is 24.2 Å². The predicted molar refractivity (Wildman–Crippen MR) is 103 cm³/mol. The van der Waals surface area contributed by atoms with Crippen molar-refractivity contribution in [2.24, 2.45) is 0 Å². The number of hydrogen-bond acceptors (Lipinski definition) is 4. The largest absolute Gasteiger partial charge is 0.360 e. The molecule has 0 spiro atoms. The molecule has 1 aliphatic rings. The summed E-state index contributed by atoms with van der Waals surface area (Å²) in [6, 6.07) is 9.78. The summed E-state index contributed by atoms with van der Waals surface area (Å²) < 4.78 is 6.68. The quantitative estimate of drug-likeness (QED) is 0.687. The monoisotopic (exact) mass is 403 g/mol. The number of anilines is 1. The van der Waals surface area contributed by atoms with Crippen LogP contribution in [-0.4, -0.2) is 15.6 Å². The Hall–Kier alpha value is -2.57. The third kappa shape index (κ3) is 4.07. The summed E-state index contributed by atoms with van der Waals surface area (Å²) in [6.45, 7) is 0.301. The van der Waals surface area contributed by atoms with Crippen LogP contribution >= 0.6 is 23.2 Å². The summed E-state index contributed by atoms with van der Waals surface area (Å²) >= 11 is 11.9. The van der Waals surface area contributed by atoms with Gasteiger partial charge in [-0.05, 0) is 36.6 Å². The number of carbonyl (C=O) groups excluding carboxylic acids is 1. The fourth-order valence-electron chi connectivity index (χ4n) is 2.72. The first-order valence-electron chi connectivity index (χ1n) is 8.42. The molecule has 1 aromatic carbocycles. The van der Waals surface area contributed by atoms with Crippen LogP contribution in [0.1, 0.15) is 40.6 Å². The number of halogens is 2. The van der Waals surface area contributed by atoms with E-state index in [-0.39, 0.29) is 17.2 Å². The van der Waals surface area contributed by atoms with Gasteiger partial charge in [0.15, 0.2) is 5.69 Å². The molecule has 0 radical (unpaired) electrons. The van der Waals surface area contributed by atoms with Crippen molar-refractivity contribution < 1.29 is 9.32 Å². The Morgan fingerprint density at radius 2 is 2.00 bits per heavy atom. The molecule has 138 valence electrons. The van der Waals surface area contributed by atoms with Crippen molar-refractivity contribution in [1.82, 2.24) is 9.72 Å². The molecule has 8 heteroatoms. The zero-order valence-electron chi connectivity index (χ0n) is 14.1. The molecule has 1 aliphatic carbocycles. The van der Waals surface area contributed by atoms with Crippen LogP contribution in [0.5, 0.6) is 0 Å². The SMILES string of the molecule is O=C(Nc1ccc(=O)n(Cc2ccc(Cl)c(Cl)c2)c1)c1cc(C2CC2)on1. The average Bonchev–Trinajstić information content (AvgIpc) is 3.37. The van der Waals surface area contributed by atoms with E-state index in [1.807, 2.05) is 0 Å². The molecule has 3 aromatic rings. The molecule has 1 saturated carbocycles. The lowest BCUT2D eigenvalue weighted by atomic mass is 10.2. The van der Waals surface area contributed by atoms with Crippen LogP contribution in [0.2, 0.25) is 10.0 Å². The highest BCUT2D eigenvalue weighted by atomic mass is 35.5. The average molecular weight is 404 g/mol. The lowest BCUT2D eigenvalue weighted by Crippen LogP contribution is -2.21. The Kier molecular flexibility index (Phi) is 4.76. The standard InChI is InChI=1S/C19H15Cl2N3O3/c20-14-5-1-11(7-15(14)21)9-24-10-13(4-6-18(24)25)22-19(26)16-8-17(27-23-16)12-2-3-12/h1,4-8,10,12H,2-3,9H2,(H,22,26). The van der Waals surface area contributed by atoms with Crippen molar-refractivity contribution in [3.63, 3.8) is 0 Å². The highest BCUT2D eigenvalue weighted by Gasteiger charge is 2.28. The predicted octanol–water partition coefficient (Wildman–Crippen LogP) is 4.32. The number of pyridine rings is 1. The van der Waals surface area contributed by atoms with Crippen molar-refractivity contribution in [2.45, 2.75) is 25.3 Å². The Labute approximate surface area is 164 Å². The second-order valence-corrected chi connectivity index (χ2v) is 7.29. The third-order valence-electron chi connectivity index (χ3n) is 4.32. The summed E-state index contributed by atoms with van der Waals surface area (Å²) in [4.78, 5) is 24.5. The first-order chi connectivity index (χ1) is 13.0. The maximum absolute atomic E-state index is 12.4. The number of amides is 1. The van der Waals surface area contributed by atoms with Gasteiger partial charge < -0.3 is 14.4 Å². The van der Waals surface area contributed by atoms with E-state index in [0.29, 0.717) is 28.2 Å². The van der Waals surface area contributed by atoms with Gasteiger partial charge >= 0.3 is 0 Å². The van der Waals surface area contributed by atoms with E-state index in [9.17, 15) is 9.59 Å². The Morgan fingerprint density at radius 1 is 1.19 bits per heavy atom. The summed E-state index contributed by atoms with van der Waals surface area (Å²) in [7, 11) is 0. The molecule has 6 nitrogen and oxygen atoms in total. The van der Waals surface area contributed by atoms with Gasteiger partial charge in [-0.15, -0.1) is 0 Å². The van der Waals surface area contributed by atoms with Crippen molar-refractivity contribution >= 4 is 34.8 Å². The van der Waals surface area contributed by atoms with Gasteiger partial charge in [0.25, 0.3) is 11.5 Å². The van der Waals surface area contributed by atoms with Crippen molar-refractivity contribution in [3.8, 4) is 0 Å². The molecular formula is C19H15Cl2N3O3. The van der Waals surface area contributed by atoms with Gasteiger partial charge in [0.2, 0.25) is 0 Å². The van der Waals surface area contributed by atoms with E-state index in [0.717, 1.165) is 24.2 Å². The maximum atomic E-state index is 12.4. The Bertz CT molecular complexity index is 1070. The molecule has 1 fully saturated rings. The number of nitrogens with zero attached hydrogens (tertiary/aromatic N) is 2. The molecule has 2 aromatic heterocycles. The number of carbonyl (C=O) groups is 1. The first-order valence-corrected chi connectivity index (χ1v) is 9.17. The van der Waals surface area contributed by atoms with Gasteiger partial charge in [-0.1, -0.05) is 34.4 Å². The van der Waals surface area contributed by atoms with Gasteiger partial charge in [0.05, 0.1) is 22.3 Å². The number of nitrogens with one attached hydrogen (secondary N) is 1. The minimum absolute atomic E-state index is 0.198. The maximum Gasteiger partial charge on any atom is 0.277 e. The molecule has 1 N–H and O–H groups in total. The molecule has 4 rings (SSSR count). The minimum Gasteiger partial charge on any atom is -0.360 e. The summed E-state index contributed by atoms with van der Waals surface area (Å²) in [5.74, 6) is 0.738. The molecule has 0 aliphatic heterocycles. The highest BCUT2D eigenvalue weighted by Crippen LogP contribution is 2.40. The molecule has 0 bridgehead atoms. The van der Waals surface area contributed by atoms with E-state index in [1.54, 1.807) is 36.5 Å². The fraction of sp³-hybridized carbons (Fsp3) is 0.211. The highest BCUT2D eigenvalue weighted by molar-refractivity contribution is 6.42. The number of hydrogen-bond donors (Lipinski definition) is 1. The minimum atomic E-state index is -0.384. The Balaban J connectivity index is 1.51. The smallest absolute Gasteiger partial charge is 0.277 e. The molecule has 2 heterocycles. The molecule has 27 heavy (non-hydrogen) atoms. The topological polar surface area (TPSA) is 77.1 Å². The summed E-state index contributed by atoms with van der Waals surface area (Å²) in [5.41, 5.74) is 1.33. The van der Waals surface area contributed by atoms with E-state index in [2.05, 4.69) is 10.5 Å². The van der Waals surface area contributed by atoms with Crippen LogP contribution in [0.4, 0.5) is 5.69 Å². The lowest BCUT2D eigenvalue weighted by molar-refractivity contribution is 0.101. The normalized spacial score (nSPS) is 13.6. The van der Waals surface area contributed by atoms with Crippen LogP contribution in [0.25, 0.3) is 0 Å². The zero-order valence-corrected chi connectivity index (χ0v) is 15.6. The Morgan fingerprint density at radius 3 is 2.74 bits per heavy atom. The molecular weight excluding hydrogens is 389 g/mol. The van der Waals surface area contributed by atoms with Crippen LogP contribution in [0, 0.1) is 0 Å². The lowest BCUT2D eigenvalue weighted by Gasteiger charge is -2.09. The second-order valence-electron chi connectivity index (χ2n) is 6.48. The van der Waals surface area contributed by atoms with Crippen molar-refractivity contribution in [1.29, 1.82) is 0 Å². The van der Waals surface area contributed by atoms with Crippen molar-refractivity contribution in [2.75, 3.05) is 5.32 Å². The third-order valence-corrected chi connectivity index (χ3v) is 5.06. The number of rotatable bonds is 5. The van der Waals surface area contributed by atoms with Crippen LogP contribution in [0.3, 0.4) is 0 Å². The van der Waals surface area contributed by atoms with Gasteiger partial charge in [-0.2, -0.15) is 0 Å². The van der Waals surface area contributed by atoms with Gasteiger partial charge in [0.1, 0.15) is 5.76 Å². The van der Waals surface area contributed by atoms with Crippen LogP contribution in [0.15, 0.2) is 51.9 Å². The molecule has 0 saturated heterocycles. The molecule has 1 amide bonds. The van der Waals surface area contributed by atoms with E-state index >= 15 is 0 Å². The van der Waals surface area contributed by atoms with Gasteiger partial charge in [-0.3, -0.25) is 9.59 Å². The number of aromatic nitrogens is 2. The summed E-state index contributed by atoms with van der Waals surface area (Å²) in [6.07, 6.45) is 3.70. The first kappa shape index (κ1) is 17.8. The van der Waals surface area contributed by atoms with E-state index < -0.39 is 0 Å². The zero-order chi connectivity index (χ0) is 19.0. The van der Waals surface area contributed by atoms with E-state index in [4.69, 9.17) is 27.7 Å². The number of benzene rings is 1. The van der Waals surface area contributed by atoms with Gasteiger partial charge in [-0.25, -0.2) is 0 Å². The van der Waals surface area contributed by atoms with Crippen molar-refractivity contribution in [3.05, 3.63) is 80.0 Å². The molecule has 0 unspecified atom stereocenters. The van der Waals surface area contributed by atoms with E-state index in [1.165, 1.54) is 10.6 Å². The van der Waals surface area contributed by atoms with Crippen LogP contribution < -0.4 is 10.9 Å².